The van der Waals surface area contributed by atoms with E-state index in [1.807, 2.05) is 36.6 Å². The summed E-state index contributed by atoms with van der Waals surface area (Å²) in [6.45, 7) is 2.02. The predicted octanol–water partition coefficient (Wildman–Crippen LogP) is 4.66. The summed E-state index contributed by atoms with van der Waals surface area (Å²) in [5.41, 5.74) is 4.21. The molecule has 0 atom stereocenters. The number of aryl methyl sites for hydroxylation is 1. The van der Waals surface area contributed by atoms with E-state index in [0.717, 1.165) is 16.8 Å². The first kappa shape index (κ1) is 19.9. The standard InChI is InChI=1S/C23H17N2O4S/c1-14-6-8-15(9-7-14)20-13-30-22(24-20)16-10-11-17(19(12-16)23(26)27)18-4-2-3-5-21(18)25(28)29/h2-13,25H,1H3,(H,26,27)/q-1. The molecule has 30 heavy (non-hydrogen) atoms. The highest BCUT2D eigenvalue weighted by atomic mass is 32.1. The molecule has 0 bridgehead atoms. The summed E-state index contributed by atoms with van der Waals surface area (Å²) in [5.74, 6) is -1.14. The molecule has 6 nitrogen and oxygen atoms in total. The molecule has 0 saturated carbocycles. The van der Waals surface area contributed by atoms with Crippen molar-refractivity contribution in [2.24, 2.45) is 0 Å². The number of hydrogen-bond donors (Lipinski definition) is 2. The smallest absolute Gasteiger partial charge is 0.336 e. The number of benzene rings is 3. The van der Waals surface area contributed by atoms with E-state index in [1.54, 1.807) is 30.3 Å². The fourth-order valence-corrected chi connectivity index (χ4v) is 4.07. The van der Waals surface area contributed by atoms with E-state index in [4.69, 9.17) is 0 Å². The van der Waals surface area contributed by atoms with Gasteiger partial charge in [0.05, 0.1) is 11.3 Å². The average Bonchev–Trinajstić information content (AvgIpc) is 3.24. The molecule has 0 fully saturated rings. The summed E-state index contributed by atoms with van der Waals surface area (Å²) in [4.78, 5) is 16.6. The van der Waals surface area contributed by atoms with Gasteiger partial charge in [0, 0.05) is 33.7 Å². The van der Waals surface area contributed by atoms with Crippen LogP contribution in [0.5, 0.6) is 0 Å². The normalized spacial score (nSPS) is 11.1. The van der Waals surface area contributed by atoms with Gasteiger partial charge in [0.1, 0.15) is 10.7 Å². The average molecular weight is 417 g/mol. The van der Waals surface area contributed by atoms with Crippen LogP contribution < -0.4 is 5.23 Å². The molecule has 0 radical (unpaired) electrons. The van der Waals surface area contributed by atoms with Gasteiger partial charge in [-0.2, -0.15) is 0 Å². The van der Waals surface area contributed by atoms with Crippen molar-refractivity contribution < 1.29 is 15.1 Å². The zero-order valence-corrected chi connectivity index (χ0v) is 16.8. The maximum absolute atomic E-state index is 11.9. The van der Waals surface area contributed by atoms with Crippen LogP contribution in [0, 0.1) is 17.3 Å². The highest BCUT2D eigenvalue weighted by Crippen LogP contribution is 2.34. The molecular weight excluding hydrogens is 400 g/mol. The highest BCUT2D eigenvalue weighted by molar-refractivity contribution is 7.13. The number of thiazole rings is 1. The number of nitrogens with one attached hydrogen (secondary N) is 1. The van der Waals surface area contributed by atoms with Crippen molar-refractivity contribution >= 4 is 23.0 Å². The van der Waals surface area contributed by atoms with Crippen LogP contribution in [0.25, 0.3) is 33.0 Å². The minimum atomic E-state index is -1.35. The first-order valence-electron chi connectivity index (χ1n) is 9.15. The third-order valence-electron chi connectivity index (χ3n) is 4.79. The Hall–Kier alpha value is -3.36. The lowest BCUT2D eigenvalue weighted by Gasteiger charge is -2.27. The second kappa shape index (κ2) is 8.17. The van der Waals surface area contributed by atoms with E-state index >= 15 is 0 Å². The van der Waals surface area contributed by atoms with Crippen LogP contribution >= 0.6 is 11.3 Å². The Morgan fingerprint density at radius 1 is 0.967 bits per heavy atom. The fourth-order valence-electron chi connectivity index (χ4n) is 3.25. The molecular formula is C23H17N2O4S-. The van der Waals surface area contributed by atoms with Crippen LogP contribution in [0.1, 0.15) is 15.9 Å². The fraction of sp³-hybridized carbons (Fsp3) is 0.0435. The lowest BCUT2D eigenvalue weighted by atomic mass is 9.96. The monoisotopic (exact) mass is 417 g/mol. The molecule has 0 unspecified atom stereocenters. The second-order valence-corrected chi connectivity index (χ2v) is 7.66. The van der Waals surface area contributed by atoms with Crippen molar-refractivity contribution in [1.82, 2.24) is 4.98 Å². The number of quaternary nitrogens is 1. The van der Waals surface area contributed by atoms with Gasteiger partial charge in [-0.05, 0) is 19.1 Å². The van der Waals surface area contributed by atoms with Crippen LogP contribution in [0.2, 0.25) is 0 Å². The minimum Gasteiger partial charge on any atom is -0.628 e. The Balaban J connectivity index is 1.77. The Morgan fingerprint density at radius 3 is 2.37 bits per heavy atom. The van der Waals surface area contributed by atoms with Crippen LogP contribution in [0.3, 0.4) is 0 Å². The van der Waals surface area contributed by atoms with Gasteiger partial charge in [0.15, 0.2) is 0 Å². The largest absolute Gasteiger partial charge is 0.628 e. The van der Waals surface area contributed by atoms with E-state index in [2.05, 4.69) is 4.98 Å². The van der Waals surface area contributed by atoms with Gasteiger partial charge in [-0.15, -0.1) is 11.3 Å². The van der Waals surface area contributed by atoms with Gasteiger partial charge in [0.2, 0.25) is 0 Å². The van der Waals surface area contributed by atoms with Gasteiger partial charge >= 0.3 is 5.97 Å². The third-order valence-corrected chi connectivity index (χ3v) is 5.68. The molecule has 3 aromatic carbocycles. The summed E-state index contributed by atoms with van der Waals surface area (Å²) in [7, 11) is 0. The van der Waals surface area contributed by atoms with Crippen LogP contribution in [-0.4, -0.2) is 16.1 Å². The summed E-state index contributed by atoms with van der Waals surface area (Å²) in [6, 6.07) is 19.1. The quantitative estimate of drug-likeness (QED) is 0.460. The molecule has 2 N–H and O–H groups in total. The molecule has 1 heterocycles. The molecule has 4 rings (SSSR count). The number of carboxylic acids is 1. The SMILES string of the molecule is Cc1ccc(-c2csc(-c3ccc(-c4ccccc4[NH+]([O-])[O-])c(C(=O)O)c3)n2)cc1. The van der Waals surface area contributed by atoms with E-state index in [9.17, 15) is 20.3 Å². The molecule has 0 aliphatic carbocycles. The number of carbonyl (C=O) groups is 1. The van der Waals surface area contributed by atoms with Crippen LogP contribution in [-0.2, 0) is 0 Å². The first-order valence-corrected chi connectivity index (χ1v) is 10.0. The number of nitrogens with zero attached hydrogens (tertiary/aromatic N) is 1. The van der Waals surface area contributed by atoms with Gasteiger partial charge in [-0.25, -0.2) is 9.78 Å². The summed E-state index contributed by atoms with van der Waals surface area (Å²) < 4.78 is 0. The van der Waals surface area contributed by atoms with Crippen molar-refractivity contribution in [3.63, 3.8) is 0 Å². The molecule has 7 heteroatoms. The summed E-state index contributed by atoms with van der Waals surface area (Å²) in [5, 5.41) is 33.9. The Morgan fingerprint density at radius 2 is 1.67 bits per heavy atom. The molecule has 0 saturated heterocycles. The van der Waals surface area contributed by atoms with Crippen molar-refractivity contribution in [3.05, 3.63) is 93.7 Å². The molecule has 1 aromatic heterocycles. The number of carboxylic acid groups (broad SMARTS) is 1. The van der Waals surface area contributed by atoms with Crippen molar-refractivity contribution in [1.29, 1.82) is 0 Å². The molecule has 0 amide bonds. The summed E-state index contributed by atoms with van der Waals surface area (Å²) >= 11 is 1.42. The Labute approximate surface area is 176 Å². The molecule has 4 aromatic rings. The maximum Gasteiger partial charge on any atom is 0.336 e. The lowest BCUT2D eigenvalue weighted by Crippen LogP contribution is -2.96. The molecule has 0 aliphatic rings. The second-order valence-electron chi connectivity index (χ2n) is 6.80. The van der Waals surface area contributed by atoms with Crippen molar-refractivity contribution in [2.45, 2.75) is 6.92 Å². The molecule has 0 spiro atoms. The number of aromatic nitrogens is 1. The zero-order valence-electron chi connectivity index (χ0n) is 16.0. The van der Waals surface area contributed by atoms with Gasteiger partial charge < -0.3 is 20.7 Å². The van der Waals surface area contributed by atoms with Gasteiger partial charge in [-0.1, -0.05) is 54.1 Å². The van der Waals surface area contributed by atoms with E-state index in [1.165, 1.54) is 23.5 Å². The highest BCUT2D eigenvalue weighted by Gasteiger charge is 2.18. The number of rotatable bonds is 5. The van der Waals surface area contributed by atoms with E-state index in [-0.39, 0.29) is 11.3 Å². The zero-order chi connectivity index (χ0) is 21.3. The number of aromatic carboxylic acids is 1. The minimum absolute atomic E-state index is 0.00767. The van der Waals surface area contributed by atoms with Crippen molar-refractivity contribution in [2.75, 3.05) is 0 Å². The van der Waals surface area contributed by atoms with Crippen molar-refractivity contribution in [3.8, 4) is 33.0 Å². The molecule has 150 valence electrons. The van der Waals surface area contributed by atoms with Gasteiger partial charge in [0.25, 0.3) is 0 Å². The number of hydrogen-bond acceptors (Lipinski definition) is 5. The predicted molar refractivity (Wildman–Crippen MR) is 117 cm³/mol. The van der Waals surface area contributed by atoms with Crippen LogP contribution in [0.4, 0.5) is 5.69 Å². The van der Waals surface area contributed by atoms with Gasteiger partial charge in [-0.3, -0.25) is 0 Å². The van der Waals surface area contributed by atoms with E-state index in [0.29, 0.717) is 21.7 Å². The maximum atomic E-state index is 11.9. The Kier molecular flexibility index (Phi) is 5.43. The molecule has 0 aliphatic heterocycles. The third kappa shape index (κ3) is 3.87. The van der Waals surface area contributed by atoms with E-state index < -0.39 is 11.2 Å². The topological polar surface area (TPSA) is 101 Å². The first-order chi connectivity index (χ1) is 14.4. The lowest BCUT2D eigenvalue weighted by molar-refractivity contribution is -0.714. The Bertz CT molecular complexity index is 1220. The van der Waals surface area contributed by atoms with Crippen LogP contribution in [0.15, 0.2) is 72.1 Å². The summed E-state index contributed by atoms with van der Waals surface area (Å²) in [6.07, 6.45) is 0.